The molecule has 0 aliphatic carbocycles. The van der Waals surface area contributed by atoms with Crippen LogP contribution in [0.15, 0.2) is 22.7 Å². The lowest BCUT2D eigenvalue weighted by atomic mass is 10.1. The molecule has 4 nitrogen and oxygen atoms in total. The van der Waals surface area contributed by atoms with Crippen LogP contribution in [0.1, 0.15) is 30.6 Å². The van der Waals surface area contributed by atoms with Gasteiger partial charge in [-0.1, -0.05) is 34.4 Å². The highest BCUT2D eigenvalue weighted by Crippen LogP contribution is 2.22. The highest BCUT2D eigenvalue weighted by Gasteiger charge is 2.10. The van der Waals surface area contributed by atoms with E-state index in [2.05, 4.69) is 22.4 Å². The average Bonchev–Trinajstić information content (AvgIpc) is 2.87. The number of nitrogens with zero attached hydrogens (tertiary/aromatic N) is 2. The number of nitrogens with one attached hydrogen (secondary N) is 1. The van der Waals surface area contributed by atoms with Crippen LogP contribution in [-0.4, -0.2) is 23.2 Å². The van der Waals surface area contributed by atoms with E-state index in [0.29, 0.717) is 34.2 Å². The zero-order chi connectivity index (χ0) is 14.5. The molecule has 0 spiro atoms. The van der Waals surface area contributed by atoms with E-state index in [0.717, 1.165) is 18.4 Å². The zero-order valence-corrected chi connectivity index (χ0v) is 13.0. The first-order valence-electron chi connectivity index (χ1n) is 6.51. The van der Waals surface area contributed by atoms with Gasteiger partial charge in [-0.2, -0.15) is 4.98 Å². The lowest BCUT2D eigenvalue weighted by Crippen LogP contribution is -2.21. The minimum Gasteiger partial charge on any atom is -0.339 e. The summed E-state index contributed by atoms with van der Waals surface area (Å²) < 4.78 is 5.24. The summed E-state index contributed by atoms with van der Waals surface area (Å²) in [5, 5.41) is 8.39. The fraction of sp³-hybridized carbons (Fsp3) is 0.429. The monoisotopic (exact) mass is 313 g/mol. The fourth-order valence-corrected chi connectivity index (χ4v) is 2.26. The van der Waals surface area contributed by atoms with Gasteiger partial charge in [0.15, 0.2) is 5.82 Å². The Morgan fingerprint density at radius 2 is 2.15 bits per heavy atom. The summed E-state index contributed by atoms with van der Waals surface area (Å²) in [5.74, 6) is 1.30. The number of hydrogen-bond acceptors (Lipinski definition) is 4. The van der Waals surface area contributed by atoms with Gasteiger partial charge in [-0.05, 0) is 38.1 Å². The summed E-state index contributed by atoms with van der Waals surface area (Å²) in [5.41, 5.74) is 0.937. The second-order valence-corrected chi connectivity index (χ2v) is 5.59. The molecule has 1 heterocycles. The van der Waals surface area contributed by atoms with Gasteiger partial charge in [-0.15, -0.1) is 0 Å². The summed E-state index contributed by atoms with van der Waals surface area (Å²) in [4.78, 5) is 4.38. The molecule has 1 N–H and O–H groups in total. The molecule has 0 fully saturated rings. The van der Waals surface area contributed by atoms with Crippen molar-refractivity contribution in [2.45, 2.75) is 32.2 Å². The summed E-state index contributed by atoms with van der Waals surface area (Å²) in [6.45, 7) is 2.12. The first kappa shape index (κ1) is 15.3. The van der Waals surface area contributed by atoms with Crippen molar-refractivity contribution < 1.29 is 4.52 Å². The van der Waals surface area contributed by atoms with Crippen LogP contribution in [0, 0.1) is 0 Å². The van der Waals surface area contributed by atoms with Crippen LogP contribution in [-0.2, 0) is 12.8 Å². The molecular weight excluding hydrogens is 297 g/mol. The van der Waals surface area contributed by atoms with Gasteiger partial charge >= 0.3 is 0 Å². The number of aromatic nitrogens is 2. The number of hydrogen-bond donors (Lipinski definition) is 1. The molecule has 108 valence electrons. The maximum Gasteiger partial charge on any atom is 0.226 e. The molecule has 20 heavy (non-hydrogen) atoms. The number of rotatable bonds is 6. The molecule has 1 unspecified atom stereocenters. The second-order valence-electron chi connectivity index (χ2n) is 4.75. The van der Waals surface area contributed by atoms with Crippen molar-refractivity contribution in [3.63, 3.8) is 0 Å². The Kier molecular flexibility index (Phi) is 5.40. The van der Waals surface area contributed by atoms with E-state index in [-0.39, 0.29) is 0 Å². The number of benzene rings is 1. The number of halogens is 2. The quantitative estimate of drug-likeness (QED) is 0.886. The van der Waals surface area contributed by atoms with Crippen molar-refractivity contribution in [1.29, 1.82) is 0 Å². The highest BCUT2D eigenvalue weighted by atomic mass is 35.5. The molecule has 0 bridgehead atoms. The second kappa shape index (κ2) is 7.07. The molecule has 1 aromatic heterocycles. The minimum atomic E-state index is 0.427. The van der Waals surface area contributed by atoms with Gasteiger partial charge in [0.2, 0.25) is 5.89 Å². The lowest BCUT2D eigenvalue weighted by Gasteiger charge is -2.06. The van der Waals surface area contributed by atoms with Crippen molar-refractivity contribution in [2.24, 2.45) is 0 Å². The van der Waals surface area contributed by atoms with Crippen molar-refractivity contribution in [1.82, 2.24) is 15.5 Å². The summed E-state index contributed by atoms with van der Waals surface area (Å²) in [7, 11) is 1.94. The van der Waals surface area contributed by atoms with Crippen LogP contribution in [0.5, 0.6) is 0 Å². The number of aryl methyl sites for hydroxylation is 1. The van der Waals surface area contributed by atoms with E-state index >= 15 is 0 Å². The molecule has 0 saturated heterocycles. The Labute approximate surface area is 128 Å². The van der Waals surface area contributed by atoms with Crippen molar-refractivity contribution in [3.05, 3.63) is 45.5 Å². The van der Waals surface area contributed by atoms with Crippen molar-refractivity contribution in [2.75, 3.05) is 7.05 Å². The van der Waals surface area contributed by atoms with Crippen molar-refractivity contribution >= 4 is 23.2 Å². The smallest absolute Gasteiger partial charge is 0.226 e. The Hall–Kier alpha value is -1.10. The van der Waals surface area contributed by atoms with Gasteiger partial charge in [0, 0.05) is 28.9 Å². The third-order valence-electron chi connectivity index (χ3n) is 3.16. The van der Waals surface area contributed by atoms with Crippen LogP contribution < -0.4 is 5.32 Å². The van der Waals surface area contributed by atoms with Gasteiger partial charge in [0.25, 0.3) is 0 Å². The lowest BCUT2D eigenvalue weighted by molar-refractivity contribution is 0.365. The molecular formula is C14H17Cl2N3O. The van der Waals surface area contributed by atoms with E-state index in [9.17, 15) is 0 Å². The molecule has 0 radical (unpaired) electrons. The predicted octanol–water partition coefficient (Wildman–Crippen LogP) is 3.51. The van der Waals surface area contributed by atoms with Gasteiger partial charge in [-0.25, -0.2) is 0 Å². The van der Waals surface area contributed by atoms with Gasteiger partial charge < -0.3 is 9.84 Å². The van der Waals surface area contributed by atoms with Crippen LogP contribution in [0.2, 0.25) is 10.0 Å². The van der Waals surface area contributed by atoms with E-state index in [1.807, 2.05) is 13.1 Å². The molecule has 1 atom stereocenters. The molecule has 6 heteroatoms. The average molecular weight is 314 g/mol. The molecule has 0 saturated carbocycles. The summed E-state index contributed by atoms with van der Waals surface area (Å²) >= 11 is 12.0. The molecule has 0 aliphatic heterocycles. The third-order valence-corrected chi connectivity index (χ3v) is 3.74. The van der Waals surface area contributed by atoms with E-state index in [1.165, 1.54) is 0 Å². The van der Waals surface area contributed by atoms with E-state index < -0.39 is 0 Å². The standard InChI is InChI=1S/C14H17Cl2N3O/c1-9(17-2)3-6-14-18-13(19-20-14)7-10-4-5-11(15)8-12(10)16/h4-5,8-9,17H,3,6-7H2,1-2H3. The van der Waals surface area contributed by atoms with Crippen molar-refractivity contribution in [3.8, 4) is 0 Å². The Bertz CT molecular complexity index is 571. The first-order valence-corrected chi connectivity index (χ1v) is 7.26. The Balaban J connectivity index is 1.98. The van der Waals surface area contributed by atoms with E-state index in [1.54, 1.807) is 12.1 Å². The summed E-state index contributed by atoms with van der Waals surface area (Å²) in [6, 6.07) is 5.83. The van der Waals surface area contributed by atoms with Crippen LogP contribution >= 0.6 is 23.2 Å². The fourth-order valence-electron chi connectivity index (χ4n) is 1.78. The maximum absolute atomic E-state index is 6.13. The first-order chi connectivity index (χ1) is 9.58. The third kappa shape index (κ3) is 4.20. The largest absolute Gasteiger partial charge is 0.339 e. The topological polar surface area (TPSA) is 51.0 Å². The molecule has 2 rings (SSSR count). The predicted molar refractivity (Wildman–Crippen MR) is 80.4 cm³/mol. The minimum absolute atomic E-state index is 0.427. The molecule has 0 amide bonds. The molecule has 0 aliphatic rings. The van der Waals surface area contributed by atoms with Crippen LogP contribution in [0.3, 0.4) is 0 Å². The highest BCUT2D eigenvalue weighted by molar-refractivity contribution is 6.35. The van der Waals surface area contributed by atoms with Gasteiger partial charge in [0.1, 0.15) is 0 Å². The summed E-state index contributed by atoms with van der Waals surface area (Å²) in [6.07, 6.45) is 2.27. The molecule has 2 aromatic rings. The SMILES string of the molecule is CNC(C)CCc1nc(Cc2ccc(Cl)cc2Cl)no1. The van der Waals surface area contributed by atoms with Gasteiger partial charge in [-0.3, -0.25) is 0 Å². The van der Waals surface area contributed by atoms with E-state index in [4.69, 9.17) is 27.7 Å². The Morgan fingerprint density at radius 1 is 1.35 bits per heavy atom. The maximum atomic E-state index is 6.13. The Morgan fingerprint density at radius 3 is 2.85 bits per heavy atom. The van der Waals surface area contributed by atoms with Crippen LogP contribution in [0.4, 0.5) is 0 Å². The normalized spacial score (nSPS) is 12.6. The van der Waals surface area contributed by atoms with Crippen LogP contribution in [0.25, 0.3) is 0 Å². The van der Waals surface area contributed by atoms with Gasteiger partial charge in [0.05, 0.1) is 0 Å². The molecule has 1 aromatic carbocycles. The zero-order valence-electron chi connectivity index (χ0n) is 11.5.